The van der Waals surface area contributed by atoms with E-state index < -0.39 is 22.6 Å². The first kappa shape index (κ1) is 24.2. The number of para-hydroxylation sites is 3. The molecule has 1 amide bonds. The zero-order chi connectivity index (χ0) is 25.9. The first-order chi connectivity index (χ1) is 17.2. The van der Waals surface area contributed by atoms with Crippen LogP contribution in [0.25, 0.3) is 17.0 Å². The average molecular weight is 490 g/mol. The molecule has 1 N–H and O–H groups in total. The van der Waals surface area contributed by atoms with Crippen molar-refractivity contribution >= 4 is 34.3 Å². The first-order valence-corrected chi connectivity index (χ1v) is 10.6. The van der Waals surface area contributed by atoms with E-state index in [0.29, 0.717) is 22.0 Å². The van der Waals surface area contributed by atoms with Crippen LogP contribution in [0.2, 0.25) is 0 Å². The van der Waals surface area contributed by atoms with E-state index in [0.717, 1.165) is 12.1 Å². The largest absolute Gasteiger partial charge is 0.416 e. The van der Waals surface area contributed by atoms with E-state index >= 15 is 0 Å². The fraction of sp³-hybridized carbons (Fsp3) is 0.0769. The molecule has 0 fully saturated rings. The van der Waals surface area contributed by atoms with Crippen LogP contribution >= 0.6 is 0 Å². The summed E-state index contributed by atoms with van der Waals surface area (Å²) in [7, 11) is 0. The smallest absolute Gasteiger partial charge is 0.342 e. The van der Waals surface area contributed by atoms with Gasteiger partial charge in [0.15, 0.2) is 0 Å². The van der Waals surface area contributed by atoms with Crippen molar-refractivity contribution in [1.82, 2.24) is 4.57 Å². The lowest BCUT2D eigenvalue weighted by Crippen LogP contribution is -2.14. The normalized spacial score (nSPS) is 11.8. The molecule has 4 aromatic rings. The van der Waals surface area contributed by atoms with Crippen molar-refractivity contribution < 1.29 is 22.9 Å². The molecule has 0 aliphatic heterocycles. The number of carbonyl (C=O) groups is 1. The number of alkyl halides is 3. The Kier molecular flexibility index (Phi) is 6.56. The van der Waals surface area contributed by atoms with Crippen LogP contribution in [0.4, 0.5) is 24.5 Å². The minimum atomic E-state index is -4.47. The van der Waals surface area contributed by atoms with E-state index in [1.54, 1.807) is 41.1 Å². The summed E-state index contributed by atoms with van der Waals surface area (Å²) in [5.74, 6) is -0.832. The van der Waals surface area contributed by atoms with Gasteiger partial charge in [0.1, 0.15) is 17.3 Å². The molecule has 180 valence electrons. The molecule has 0 radical (unpaired) electrons. The average Bonchev–Trinajstić information content (AvgIpc) is 3.19. The molecule has 7 nitrogen and oxygen atoms in total. The number of nitrogens with zero attached hydrogens (tertiary/aromatic N) is 3. The highest BCUT2D eigenvalue weighted by Crippen LogP contribution is 2.31. The summed E-state index contributed by atoms with van der Waals surface area (Å²) in [5.41, 5.74) is 0.187. The van der Waals surface area contributed by atoms with E-state index in [1.807, 2.05) is 6.07 Å². The van der Waals surface area contributed by atoms with Gasteiger partial charge in [0.05, 0.1) is 10.5 Å². The van der Waals surface area contributed by atoms with E-state index in [-0.39, 0.29) is 23.5 Å². The molecule has 0 aliphatic carbocycles. The van der Waals surface area contributed by atoms with Crippen LogP contribution in [-0.4, -0.2) is 15.4 Å². The van der Waals surface area contributed by atoms with Gasteiger partial charge in [-0.1, -0.05) is 42.5 Å². The Hall–Kier alpha value is -4.91. The van der Waals surface area contributed by atoms with Crippen molar-refractivity contribution in [2.75, 3.05) is 5.32 Å². The molecule has 0 spiro atoms. The van der Waals surface area contributed by atoms with Crippen LogP contribution < -0.4 is 5.32 Å². The van der Waals surface area contributed by atoms with Gasteiger partial charge in [0, 0.05) is 35.3 Å². The topological polar surface area (TPSA) is 101 Å². The zero-order valence-electron chi connectivity index (χ0n) is 18.5. The number of nitro groups is 1. The zero-order valence-corrected chi connectivity index (χ0v) is 18.5. The van der Waals surface area contributed by atoms with Gasteiger partial charge in [-0.25, -0.2) is 0 Å². The van der Waals surface area contributed by atoms with Crippen molar-refractivity contribution in [3.63, 3.8) is 0 Å². The van der Waals surface area contributed by atoms with E-state index in [9.17, 15) is 33.3 Å². The third-order valence-corrected chi connectivity index (χ3v) is 5.44. The quantitative estimate of drug-likeness (QED) is 0.151. The number of hydrogen-bond acceptors (Lipinski definition) is 4. The van der Waals surface area contributed by atoms with Gasteiger partial charge < -0.3 is 9.88 Å². The van der Waals surface area contributed by atoms with Gasteiger partial charge in [-0.2, -0.15) is 18.4 Å². The summed E-state index contributed by atoms with van der Waals surface area (Å²) in [6.45, 7) is 0.128. The predicted molar refractivity (Wildman–Crippen MR) is 128 cm³/mol. The van der Waals surface area contributed by atoms with Crippen LogP contribution in [0.1, 0.15) is 16.7 Å². The number of fused-ring (bicyclic) bond motifs is 1. The number of carbonyl (C=O) groups excluding carboxylic acids is 1. The molecular weight excluding hydrogens is 473 g/mol. The summed E-state index contributed by atoms with van der Waals surface area (Å²) in [6, 6.07) is 19.4. The molecule has 0 unspecified atom stereocenters. The van der Waals surface area contributed by atoms with Gasteiger partial charge in [0.25, 0.3) is 11.6 Å². The molecule has 0 atom stereocenters. The number of nitriles is 1. The number of amides is 1. The molecule has 3 aromatic carbocycles. The van der Waals surface area contributed by atoms with Crippen molar-refractivity contribution in [3.8, 4) is 6.07 Å². The van der Waals surface area contributed by atoms with E-state index in [2.05, 4.69) is 5.32 Å². The van der Waals surface area contributed by atoms with Gasteiger partial charge in [0.2, 0.25) is 0 Å². The molecule has 36 heavy (non-hydrogen) atoms. The van der Waals surface area contributed by atoms with Crippen molar-refractivity contribution in [3.05, 3.63) is 111 Å². The highest BCUT2D eigenvalue weighted by molar-refractivity contribution is 6.11. The third kappa shape index (κ3) is 5.10. The highest BCUT2D eigenvalue weighted by atomic mass is 19.4. The maximum atomic E-state index is 13.1. The first-order valence-electron chi connectivity index (χ1n) is 10.6. The van der Waals surface area contributed by atoms with Crippen LogP contribution in [0.5, 0.6) is 0 Å². The second kappa shape index (κ2) is 9.76. The predicted octanol–water partition coefficient (Wildman–Crippen LogP) is 6.16. The minimum Gasteiger partial charge on any atom is -0.342 e. The number of halogens is 3. The Bertz CT molecular complexity index is 1550. The number of anilines is 1. The Morgan fingerprint density at radius 2 is 1.81 bits per heavy atom. The van der Waals surface area contributed by atoms with Crippen LogP contribution in [0.15, 0.2) is 84.6 Å². The number of nitro benzene ring substituents is 1. The van der Waals surface area contributed by atoms with Crippen molar-refractivity contribution in [1.29, 1.82) is 5.26 Å². The van der Waals surface area contributed by atoms with Crippen molar-refractivity contribution in [2.24, 2.45) is 0 Å². The third-order valence-electron chi connectivity index (χ3n) is 5.44. The fourth-order valence-electron chi connectivity index (χ4n) is 3.80. The number of aromatic nitrogens is 1. The summed E-state index contributed by atoms with van der Waals surface area (Å²) >= 11 is 0. The SMILES string of the molecule is N#CC(=Cc1cn(Cc2cccc(C(F)(F)F)c2)c2ccccc12)C(=O)Nc1ccccc1[N+](=O)[O-]. The summed E-state index contributed by atoms with van der Waals surface area (Å²) in [4.78, 5) is 23.3. The van der Waals surface area contributed by atoms with E-state index in [1.165, 1.54) is 36.4 Å². The van der Waals surface area contributed by atoms with Crippen LogP contribution in [0.3, 0.4) is 0 Å². The Morgan fingerprint density at radius 1 is 1.08 bits per heavy atom. The van der Waals surface area contributed by atoms with E-state index in [4.69, 9.17) is 0 Å². The molecule has 4 rings (SSSR count). The van der Waals surface area contributed by atoms with Gasteiger partial charge in [-0.3, -0.25) is 14.9 Å². The lowest BCUT2D eigenvalue weighted by Gasteiger charge is -2.10. The molecule has 1 heterocycles. The molecule has 10 heteroatoms. The molecule has 0 bridgehead atoms. The number of nitrogens with one attached hydrogen (secondary N) is 1. The van der Waals surface area contributed by atoms with Gasteiger partial charge >= 0.3 is 6.18 Å². The molecular formula is C26H17F3N4O3. The van der Waals surface area contributed by atoms with Crippen LogP contribution in [0, 0.1) is 21.4 Å². The molecule has 1 aromatic heterocycles. The summed E-state index contributed by atoms with van der Waals surface area (Å²) in [5, 5.41) is 23.9. The molecule has 0 aliphatic rings. The monoisotopic (exact) mass is 490 g/mol. The molecule has 0 saturated heterocycles. The fourth-order valence-corrected chi connectivity index (χ4v) is 3.80. The standard InChI is InChI=1S/C26H17F3N4O3/c27-26(28,29)20-7-5-6-17(12-20)15-32-16-19(21-8-1-3-10-23(21)32)13-18(14-30)25(34)31-22-9-2-4-11-24(22)33(35)36/h1-13,16H,15H2,(H,31,34). The number of benzene rings is 3. The second-order valence-corrected chi connectivity index (χ2v) is 7.83. The lowest BCUT2D eigenvalue weighted by molar-refractivity contribution is -0.383. The minimum absolute atomic E-state index is 0.0550. The maximum absolute atomic E-state index is 13.1. The van der Waals surface area contributed by atoms with Gasteiger partial charge in [-0.15, -0.1) is 0 Å². The highest BCUT2D eigenvalue weighted by Gasteiger charge is 2.30. The second-order valence-electron chi connectivity index (χ2n) is 7.83. The Morgan fingerprint density at radius 3 is 2.53 bits per heavy atom. The van der Waals surface area contributed by atoms with Crippen molar-refractivity contribution in [2.45, 2.75) is 12.7 Å². The number of hydrogen-bond donors (Lipinski definition) is 1. The maximum Gasteiger partial charge on any atom is 0.416 e. The number of rotatable bonds is 6. The summed E-state index contributed by atoms with van der Waals surface area (Å²) < 4.78 is 41.1. The Labute approximate surface area is 202 Å². The van der Waals surface area contributed by atoms with Gasteiger partial charge in [-0.05, 0) is 35.9 Å². The molecule has 0 saturated carbocycles. The Balaban J connectivity index is 1.69. The van der Waals surface area contributed by atoms with Crippen LogP contribution in [-0.2, 0) is 17.5 Å². The summed E-state index contributed by atoms with van der Waals surface area (Å²) in [6.07, 6.45) is -1.48. The lowest BCUT2D eigenvalue weighted by atomic mass is 10.1.